The molecule has 37 heavy (non-hydrogen) atoms. The largest absolute Gasteiger partial charge is 0.497 e. The van der Waals surface area contributed by atoms with Gasteiger partial charge in [0.05, 0.1) is 12.7 Å². The summed E-state index contributed by atoms with van der Waals surface area (Å²) in [5.74, 6) is -0.0945. The number of hydrogen-bond donors (Lipinski definition) is 1. The van der Waals surface area contributed by atoms with Gasteiger partial charge in [0.15, 0.2) is 0 Å². The van der Waals surface area contributed by atoms with E-state index in [4.69, 9.17) is 4.74 Å². The second-order valence-electron chi connectivity index (χ2n) is 9.99. The minimum Gasteiger partial charge on any atom is -0.497 e. The number of methoxy groups -OCH3 is 1. The quantitative estimate of drug-likeness (QED) is 0.272. The molecule has 0 spiro atoms. The van der Waals surface area contributed by atoms with Gasteiger partial charge in [0.25, 0.3) is 0 Å². The summed E-state index contributed by atoms with van der Waals surface area (Å²) in [5.41, 5.74) is 7.68. The summed E-state index contributed by atoms with van der Waals surface area (Å²) in [4.78, 5) is 13.9. The molecule has 0 unspecified atom stereocenters. The average Bonchev–Trinajstić information content (AvgIpc) is 3.14. The fourth-order valence-electron chi connectivity index (χ4n) is 5.51. The highest BCUT2D eigenvalue weighted by Gasteiger charge is 2.36. The molecule has 0 heterocycles. The van der Waals surface area contributed by atoms with Crippen LogP contribution in [-0.2, 0) is 5.41 Å². The summed E-state index contributed by atoms with van der Waals surface area (Å²) in [6.07, 6.45) is 0. The van der Waals surface area contributed by atoms with E-state index in [1.54, 1.807) is 25.3 Å². The Morgan fingerprint density at radius 3 is 2.11 bits per heavy atom. The zero-order valence-corrected chi connectivity index (χ0v) is 21.0. The van der Waals surface area contributed by atoms with Gasteiger partial charge < -0.3 is 14.7 Å². The van der Waals surface area contributed by atoms with E-state index in [0.29, 0.717) is 0 Å². The number of carboxylic acid groups (broad SMARTS) is 1. The van der Waals surface area contributed by atoms with Crippen molar-refractivity contribution in [1.82, 2.24) is 0 Å². The van der Waals surface area contributed by atoms with E-state index in [9.17, 15) is 9.90 Å². The Balaban J connectivity index is 1.55. The highest BCUT2D eigenvalue weighted by atomic mass is 16.5. The molecule has 182 valence electrons. The van der Waals surface area contributed by atoms with Gasteiger partial charge in [-0.1, -0.05) is 62.4 Å². The van der Waals surface area contributed by atoms with E-state index in [1.807, 2.05) is 24.3 Å². The Labute approximate surface area is 216 Å². The Kier molecular flexibility index (Phi) is 5.27. The van der Waals surface area contributed by atoms with Crippen LogP contribution in [0, 0.1) is 0 Å². The molecule has 0 aromatic heterocycles. The first-order chi connectivity index (χ1) is 17.9. The maximum absolute atomic E-state index is 11.8. The van der Waals surface area contributed by atoms with Gasteiger partial charge in [-0.3, -0.25) is 0 Å². The van der Waals surface area contributed by atoms with E-state index < -0.39 is 5.97 Å². The van der Waals surface area contributed by atoms with Crippen molar-refractivity contribution >= 4 is 33.8 Å². The molecule has 0 bridgehead atoms. The van der Waals surface area contributed by atoms with Crippen LogP contribution in [0.4, 0.5) is 17.1 Å². The number of carboxylic acids is 1. The van der Waals surface area contributed by atoms with Crippen LogP contribution in [0.25, 0.3) is 21.9 Å². The van der Waals surface area contributed by atoms with Gasteiger partial charge in [-0.25, -0.2) is 4.79 Å². The molecule has 6 rings (SSSR count). The summed E-state index contributed by atoms with van der Waals surface area (Å²) in [5, 5.41) is 12.0. The van der Waals surface area contributed by atoms with Crippen LogP contribution in [0.15, 0.2) is 103 Å². The molecular formula is C33H27NO3. The third kappa shape index (κ3) is 3.73. The van der Waals surface area contributed by atoms with Crippen molar-refractivity contribution in [2.75, 3.05) is 12.0 Å². The summed E-state index contributed by atoms with van der Waals surface area (Å²) >= 11 is 0. The molecular weight excluding hydrogens is 458 g/mol. The fourth-order valence-corrected chi connectivity index (χ4v) is 5.51. The standard InChI is InChI=1S/C33H27NO3/c1-33(2)30-19-26(13-15-28(30)29-16-14-27(37-3)20-31(29)33)34(24-10-6-9-23(18-24)32(35)36)25-12-11-21-7-4-5-8-22(21)17-25/h4-20H,1-3H3,(H,35,36). The lowest BCUT2D eigenvalue weighted by molar-refractivity contribution is 0.0697. The van der Waals surface area contributed by atoms with Crippen molar-refractivity contribution in [1.29, 1.82) is 0 Å². The van der Waals surface area contributed by atoms with Crippen molar-refractivity contribution < 1.29 is 14.6 Å². The minimum atomic E-state index is -0.945. The number of hydrogen-bond acceptors (Lipinski definition) is 3. The van der Waals surface area contributed by atoms with E-state index in [-0.39, 0.29) is 11.0 Å². The molecule has 1 aliphatic rings. The highest BCUT2D eigenvalue weighted by Crippen LogP contribution is 2.51. The van der Waals surface area contributed by atoms with Crippen molar-refractivity contribution in [2.24, 2.45) is 0 Å². The molecule has 0 fully saturated rings. The van der Waals surface area contributed by atoms with E-state index in [1.165, 1.54) is 22.3 Å². The zero-order chi connectivity index (χ0) is 25.7. The Morgan fingerprint density at radius 1 is 0.703 bits per heavy atom. The Hall–Kier alpha value is -4.57. The first kappa shape index (κ1) is 22.9. The van der Waals surface area contributed by atoms with E-state index in [2.05, 4.69) is 79.4 Å². The van der Waals surface area contributed by atoms with Crippen LogP contribution in [0.2, 0.25) is 0 Å². The van der Waals surface area contributed by atoms with Crippen molar-refractivity contribution in [3.8, 4) is 16.9 Å². The maximum Gasteiger partial charge on any atom is 0.335 e. The zero-order valence-electron chi connectivity index (χ0n) is 21.0. The SMILES string of the molecule is COc1ccc2c(c1)C(C)(C)c1cc(N(c3cccc(C(=O)O)c3)c3ccc4ccccc4c3)ccc1-2. The third-order valence-electron chi connectivity index (χ3n) is 7.47. The predicted molar refractivity (Wildman–Crippen MR) is 150 cm³/mol. The smallest absolute Gasteiger partial charge is 0.335 e. The number of fused-ring (bicyclic) bond motifs is 4. The second kappa shape index (κ2) is 8.52. The van der Waals surface area contributed by atoms with Crippen LogP contribution < -0.4 is 9.64 Å². The van der Waals surface area contributed by atoms with Gasteiger partial charge in [0.2, 0.25) is 0 Å². The molecule has 0 aliphatic heterocycles. The second-order valence-corrected chi connectivity index (χ2v) is 9.99. The van der Waals surface area contributed by atoms with E-state index >= 15 is 0 Å². The number of carbonyl (C=O) groups is 1. The normalized spacial score (nSPS) is 13.2. The molecule has 0 radical (unpaired) electrons. The molecule has 1 aliphatic carbocycles. The molecule has 5 aromatic carbocycles. The number of anilines is 3. The van der Waals surface area contributed by atoms with Crippen LogP contribution >= 0.6 is 0 Å². The van der Waals surface area contributed by atoms with Gasteiger partial charge in [-0.15, -0.1) is 0 Å². The first-order valence-corrected chi connectivity index (χ1v) is 12.3. The number of aromatic carboxylic acids is 1. The lowest BCUT2D eigenvalue weighted by atomic mass is 9.82. The number of ether oxygens (including phenoxy) is 1. The predicted octanol–water partition coefficient (Wildman–Crippen LogP) is 8.32. The number of rotatable bonds is 5. The molecule has 0 atom stereocenters. The fraction of sp³-hybridized carbons (Fsp3) is 0.121. The average molecular weight is 486 g/mol. The molecule has 0 amide bonds. The molecule has 4 nitrogen and oxygen atoms in total. The number of benzene rings is 5. The van der Waals surface area contributed by atoms with Gasteiger partial charge in [0.1, 0.15) is 5.75 Å². The first-order valence-electron chi connectivity index (χ1n) is 12.3. The van der Waals surface area contributed by atoms with Gasteiger partial charge >= 0.3 is 5.97 Å². The lowest BCUT2D eigenvalue weighted by Gasteiger charge is -2.28. The van der Waals surface area contributed by atoms with Gasteiger partial charge in [0, 0.05) is 22.5 Å². The van der Waals surface area contributed by atoms with Crippen molar-refractivity contribution in [3.63, 3.8) is 0 Å². The Morgan fingerprint density at radius 2 is 1.35 bits per heavy atom. The molecule has 0 saturated carbocycles. The molecule has 0 saturated heterocycles. The molecule has 4 heteroatoms. The Bertz CT molecular complexity index is 1690. The van der Waals surface area contributed by atoms with Crippen molar-refractivity contribution in [3.05, 3.63) is 120 Å². The van der Waals surface area contributed by atoms with Crippen LogP contribution in [0.5, 0.6) is 5.75 Å². The molecule has 1 N–H and O–H groups in total. The van der Waals surface area contributed by atoms with Crippen LogP contribution in [-0.4, -0.2) is 18.2 Å². The molecule has 5 aromatic rings. The number of nitrogens with zero attached hydrogens (tertiary/aromatic N) is 1. The maximum atomic E-state index is 11.8. The van der Waals surface area contributed by atoms with Crippen molar-refractivity contribution in [2.45, 2.75) is 19.3 Å². The van der Waals surface area contributed by atoms with Gasteiger partial charge in [-0.2, -0.15) is 0 Å². The summed E-state index contributed by atoms with van der Waals surface area (Å²) in [7, 11) is 1.70. The topological polar surface area (TPSA) is 49.8 Å². The monoisotopic (exact) mass is 485 g/mol. The summed E-state index contributed by atoms with van der Waals surface area (Å²) < 4.78 is 5.52. The van der Waals surface area contributed by atoms with Crippen LogP contribution in [0.1, 0.15) is 35.3 Å². The van der Waals surface area contributed by atoms with Crippen LogP contribution in [0.3, 0.4) is 0 Å². The minimum absolute atomic E-state index is 0.215. The third-order valence-corrected chi connectivity index (χ3v) is 7.47. The highest BCUT2D eigenvalue weighted by molar-refractivity contribution is 5.93. The lowest BCUT2D eigenvalue weighted by Crippen LogP contribution is -2.17. The van der Waals surface area contributed by atoms with E-state index in [0.717, 1.165) is 33.6 Å². The van der Waals surface area contributed by atoms with Gasteiger partial charge in [-0.05, 0) is 87.6 Å². The summed E-state index contributed by atoms with van der Waals surface area (Å²) in [6.45, 7) is 4.48. The summed E-state index contributed by atoms with van der Waals surface area (Å²) in [6, 6.07) is 34.5.